The number of carbonyl (C=O) groups is 1. The summed E-state index contributed by atoms with van der Waals surface area (Å²) in [6.07, 6.45) is -0.773. The Kier molecular flexibility index (Phi) is 9.06. The molecular formula is C28H33F3N4O2. The number of anilines is 1. The van der Waals surface area contributed by atoms with Crippen molar-refractivity contribution in [2.45, 2.75) is 45.0 Å². The van der Waals surface area contributed by atoms with E-state index < -0.39 is 12.1 Å². The molecule has 4 rings (SSSR count). The second-order valence-electron chi connectivity index (χ2n) is 9.88. The summed E-state index contributed by atoms with van der Waals surface area (Å²) in [5, 5.41) is 12.7. The molecule has 0 saturated carbocycles. The quantitative estimate of drug-likeness (QED) is 0.532. The molecule has 198 valence electrons. The number of nitriles is 1. The summed E-state index contributed by atoms with van der Waals surface area (Å²) in [5.41, 5.74) is 1.59. The van der Waals surface area contributed by atoms with E-state index in [0.717, 1.165) is 58.1 Å². The Morgan fingerprint density at radius 2 is 1.78 bits per heavy atom. The summed E-state index contributed by atoms with van der Waals surface area (Å²) in [6, 6.07) is 16.0. The Balaban J connectivity index is 1.45. The number of ether oxygens (including phenoxy) is 1. The first-order chi connectivity index (χ1) is 17.8. The maximum absolute atomic E-state index is 13.6. The van der Waals surface area contributed by atoms with E-state index in [2.05, 4.69) is 27.1 Å². The lowest BCUT2D eigenvalue weighted by Gasteiger charge is -2.34. The van der Waals surface area contributed by atoms with Crippen molar-refractivity contribution >= 4 is 11.6 Å². The van der Waals surface area contributed by atoms with Crippen LogP contribution in [0.3, 0.4) is 0 Å². The summed E-state index contributed by atoms with van der Waals surface area (Å²) in [5.74, 6) is -0.373. The van der Waals surface area contributed by atoms with Crippen molar-refractivity contribution in [3.8, 4) is 11.8 Å². The smallest absolute Gasteiger partial charge is 0.406 e. The van der Waals surface area contributed by atoms with Crippen molar-refractivity contribution in [1.29, 1.82) is 5.26 Å². The molecule has 0 unspecified atom stereocenters. The van der Waals surface area contributed by atoms with Crippen LogP contribution in [0.15, 0.2) is 48.5 Å². The van der Waals surface area contributed by atoms with Crippen molar-refractivity contribution < 1.29 is 22.7 Å². The van der Waals surface area contributed by atoms with Gasteiger partial charge in [-0.3, -0.25) is 9.69 Å². The average molecular weight is 515 g/mol. The summed E-state index contributed by atoms with van der Waals surface area (Å²) in [6.45, 7) is 4.70. The number of rotatable bonds is 8. The molecule has 6 nitrogen and oxygen atoms in total. The molecule has 0 bridgehead atoms. The predicted octanol–water partition coefficient (Wildman–Crippen LogP) is 5.09. The molecule has 0 radical (unpaired) electrons. The zero-order valence-corrected chi connectivity index (χ0v) is 20.8. The Labute approximate surface area is 216 Å². The summed E-state index contributed by atoms with van der Waals surface area (Å²) in [7, 11) is 0. The van der Waals surface area contributed by atoms with E-state index in [4.69, 9.17) is 0 Å². The van der Waals surface area contributed by atoms with E-state index in [9.17, 15) is 23.2 Å². The van der Waals surface area contributed by atoms with E-state index in [-0.39, 0.29) is 23.1 Å². The number of hydrogen-bond acceptors (Lipinski definition) is 5. The lowest BCUT2D eigenvalue weighted by Crippen LogP contribution is -2.42. The molecule has 2 aliphatic rings. The number of piperidine rings is 2. The van der Waals surface area contributed by atoms with Gasteiger partial charge in [-0.05, 0) is 81.9 Å². The fraction of sp³-hybridized carbons (Fsp3) is 0.500. The van der Waals surface area contributed by atoms with Gasteiger partial charge in [0.05, 0.1) is 11.6 Å². The van der Waals surface area contributed by atoms with Gasteiger partial charge in [-0.15, -0.1) is 13.2 Å². The van der Waals surface area contributed by atoms with E-state index in [1.807, 2.05) is 24.3 Å². The average Bonchev–Trinajstić information content (AvgIpc) is 2.89. The third-order valence-corrected chi connectivity index (χ3v) is 7.24. The number of likely N-dealkylation sites (tertiary alicyclic amines) is 1. The van der Waals surface area contributed by atoms with Gasteiger partial charge < -0.3 is 15.0 Å². The van der Waals surface area contributed by atoms with Gasteiger partial charge in [0.1, 0.15) is 5.75 Å². The van der Waals surface area contributed by atoms with Gasteiger partial charge in [0.25, 0.3) is 0 Å². The maximum atomic E-state index is 13.6. The Morgan fingerprint density at radius 3 is 2.43 bits per heavy atom. The predicted molar refractivity (Wildman–Crippen MR) is 135 cm³/mol. The number of nitrogens with one attached hydrogen (secondary N) is 1. The number of carbonyl (C=O) groups excluding carboxylic acids is 1. The van der Waals surface area contributed by atoms with Crippen molar-refractivity contribution in [2.75, 3.05) is 37.6 Å². The first-order valence-electron chi connectivity index (χ1n) is 12.9. The van der Waals surface area contributed by atoms with Crippen molar-refractivity contribution in [2.24, 2.45) is 11.8 Å². The van der Waals surface area contributed by atoms with Crippen LogP contribution in [0.1, 0.15) is 43.2 Å². The minimum atomic E-state index is -4.89. The highest BCUT2D eigenvalue weighted by Gasteiger charge is 2.33. The first-order valence-corrected chi connectivity index (χ1v) is 12.9. The molecule has 9 heteroatoms. The number of alkyl halides is 3. The lowest BCUT2D eigenvalue weighted by atomic mass is 9.92. The molecule has 0 spiro atoms. The van der Waals surface area contributed by atoms with Crippen LogP contribution in [-0.2, 0) is 11.3 Å². The summed E-state index contributed by atoms with van der Waals surface area (Å²) < 4.78 is 42.9. The van der Waals surface area contributed by atoms with Crippen molar-refractivity contribution in [3.05, 3.63) is 59.7 Å². The van der Waals surface area contributed by atoms with Crippen LogP contribution in [-0.4, -0.2) is 49.9 Å². The molecule has 0 aromatic heterocycles. The van der Waals surface area contributed by atoms with Gasteiger partial charge in [-0.25, -0.2) is 0 Å². The molecule has 2 heterocycles. The van der Waals surface area contributed by atoms with Gasteiger partial charge in [-0.1, -0.05) is 30.3 Å². The standard InChI is InChI=1S/C28H33F3N4O2/c29-28(30,31)37-26-17-23(19-32)16-25(18-26)35(27(36)24-6-11-33-12-7-24)15-10-21-8-13-34(14-9-21)20-22-4-2-1-3-5-22/h1-5,16-18,21,24,33H,6-15,20H2. The van der Waals surface area contributed by atoms with E-state index in [1.165, 1.54) is 17.7 Å². The van der Waals surface area contributed by atoms with Crippen LogP contribution in [0.4, 0.5) is 18.9 Å². The monoisotopic (exact) mass is 514 g/mol. The third kappa shape index (κ3) is 7.94. The van der Waals surface area contributed by atoms with Gasteiger partial charge >= 0.3 is 6.36 Å². The summed E-state index contributed by atoms with van der Waals surface area (Å²) in [4.78, 5) is 17.6. The molecule has 2 aromatic rings. The Morgan fingerprint density at radius 1 is 1.08 bits per heavy atom. The zero-order chi connectivity index (χ0) is 26.3. The molecule has 1 amide bonds. The zero-order valence-electron chi connectivity index (χ0n) is 20.8. The van der Waals surface area contributed by atoms with Gasteiger partial charge in [0.2, 0.25) is 5.91 Å². The second-order valence-corrected chi connectivity index (χ2v) is 9.88. The Bertz CT molecular complexity index is 1070. The van der Waals surface area contributed by atoms with Gasteiger partial charge in [0, 0.05) is 30.8 Å². The minimum Gasteiger partial charge on any atom is -0.406 e. The third-order valence-electron chi connectivity index (χ3n) is 7.24. The molecule has 1 N–H and O–H groups in total. The number of halogens is 3. The van der Waals surface area contributed by atoms with Crippen LogP contribution in [0.25, 0.3) is 0 Å². The molecule has 0 aliphatic carbocycles. The highest BCUT2D eigenvalue weighted by molar-refractivity contribution is 5.95. The number of hydrogen-bond donors (Lipinski definition) is 1. The molecule has 0 atom stereocenters. The minimum absolute atomic E-state index is 0.0223. The van der Waals surface area contributed by atoms with Crippen molar-refractivity contribution in [1.82, 2.24) is 10.2 Å². The van der Waals surface area contributed by atoms with E-state index >= 15 is 0 Å². The maximum Gasteiger partial charge on any atom is 0.573 e. The summed E-state index contributed by atoms with van der Waals surface area (Å²) >= 11 is 0. The Hall–Kier alpha value is -3.09. The molecule has 2 aromatic carbocycles. The van der Waals surface area contributed by atoms with Crippen LogP contribution in [0, 0.1) is 23.2 Å². The second kappa shape index (κ2) is 12.4. The normalized spacial score (nSPS) is 17.8. The first kappa shape index (κ1) is 27.0. The van der Waals surface area contributed by atoms with Gasteiger partial charge in [0.15, 0.2) is 0 Å². The van der Waals surface area contributed by atoms with Crippen LogP contribution in [0.2, 0.25) is 0 Å². The molecule has 2 aliphatic heterocycles. The fourth-order valence-corrected chi connectivity index (χ4v) is 5.24. The fourth-order valence-electron chi connectivity index (χ4n) is 5.24. The molecule has 2 saturated heterocycles. The topological polar surface area (TPSA) is 68.6 Å². The molecule has 37 heavy (non-hydrogen) atoms. The number of benzene rings is 2. The highest BCUT2D eigenvalue weighted by atomic mass is 19.4. The van der Waals surface area contributed by atoms with Crippen LogP contribution >= 0.6 is 0 Å². The largest absolute Gasteiger partial charge is 0.573 e. The number of amides is 1. The molecular weight excluding hydrogens is 481 g/mol. The van der Waals surface area contributed by atoms with E-state index in [1.54, 1.807) is 4.90 Å². The van der Waals surface area contributed by atoms with Crippen molar-refractivity contribution in [3.63, 3.8) is 0 Å². The lowest BCUT2D eigenvalue weighted by molar-refractivity contribution is -0.274. The van der Waals surface area contributed by atoms with Gasteiger partial charge in [-0.2, -0.15) is 5.26 Å². The van der Waals surface area contributed by atoms with E-state index in [0.29, 0.717) is 25.3 Å². The molecule has 2 fully saturated rings. The number of nitrogens with zero attached hydrogens (tertiary/aromatic N) is 3. The van der Waals surface area contributed by atoms with Crippen LogP contribution < -0.4 is 15.0 Å². The highest BCUT2D eigenvalue weighted by Crippen LogP contribution is 2.32. The van der Waals surface area contributed by atoms with Crippen LogP contribution in [0.5, 0.6) is 5.75 Å². The SMILES string of the molecule is N#Cc1cc(OC(F)(F)F)cc(N(CCC2CCN(Cc3ccccc3)CC2)C(=O)C2CCNCC2)c1.